The first-order chi connectivity index (χ1) is 8.43. The third-order valence-corrected chi connectivity index (χ3v) is 4.62. The van der Waals surface area contributed by atoms with E-state index in [2.05, 4.69) is 43.5 Å². The fourth-order valence-corrected chi connectivity index (χ4v) is 3.28. The van der Waals surface area contributed by atoms with Crippen molar-refractivity contribution in [2.75, 3.05) is 0 Å². The van der Waals surface area contributed by atoms with Crippen LogP contribution in [0.1, 0.15) is 51.4 Å². The first-order valence-corrected chi connectivity index (χ1v) is 7.26. The predicted molar refractivity (Wildman–Crippen MR) is 75.4 cm³/mol. The van der Waals surface area contributed by atoms with Gasteiger partial charge in [0.2, 0.25) is 0 Å². The molecule has 2 N–H and O–H groups in total. The molecule has 3 heteroatoms. The maximum absolute atomic E-state index is 6.64. The van der Waals surface area contributed by atoms with Crippen molar-refractivity contribution in [1.29, 1.82) is 0 Å². The molecule has 0 amide bonds. The summed E-state index contributed by atoms with van der Waals surface area (Å²) in [5, 5.41) is 4.52. The first kappa shape index (κ1) is 13.6. The van der Waals surface area contributed by atoms with Crippen LogP contribution >= 0.6 is 0 Å². The van der Waals surface area contributed by atoms with E-state index in [1.165, 1.54) is 12.1 Å². The van der Waals surface area contributed by atoms with E-state index in [1.54, 1.807) is 0 Å². The van der Waals surface area contributed by atoms with Crippen molar-refractivity contribution >= 4 is 0 Å². The molecule has 1 heterocycles. The lowest BCUT2D eigenvalue weighted by Gasteiger charge is -2.40. The lowest BCUT2D eigenvalue weighted by Crippen LogP contribution is -2.48. The zero-order chi connectivity index (χ0) is 13.3. The number of rotatable bonds is 3. The lowest BCUT2D eigenvalue weighted by atomic mass is 9.70. The molecule has 3 unspecified atom stereocenters. The van der Waals surface area contributed by atoms with Gasteiger partial charge in [-0.1, -0.05) is 13.8 Å². The van der Waals surface area contributed by atoms with E-state index in [0.29, 0.717) is 0 Å². The zero-order valence-electron chi connectivity index (χ0n) is 12.2. The van der Waals surface area contributed by atoms with Gasteiger partial charge in [-0.3, -0.25) is 4.68 Å². The van der Waals surface area contributed by atoms with Gasteiger partial charge in [-0.15, -0.1) is 0 Å². The number of hydrogen-bond acceptors (Lipinski definition) is 2. The molecular weight excluding hydrogens is 222 g/mol. The van der Waals surface area contributed by atoms with Crippen LogP contribution in [-0.2, 0) is 13.0 Å². The van der Waals surface area contributed by atoms with Gasteiger partial charge in [0.05, 0.1) is 5.69 Å². The fourth-order valence-electron chi connectivity index (χ4n) is 3.28. The van der Waals surface area contributed by atoms with Crippen molar-refractivity contribution < 1.29 is 0 Å². The molecule has 0 radical (unpaired) electrons. The summed E-state index contributed by atoms with van der Waals surface area (Å²) in [6.07, 6.45) is 4.52. The van der Waals surface area contributed by atoms with Gasteiger partial charge in [-0.05, 0) is 51.0 Å². The second-order valence-electron chi connectivity index (χ2n) is 6.33. The number of aryl methyl sites for hydroxylation is 2. The average Bonchev–Trinajstić information content (AvgIpc) is 2.64. The quantitative estimate of drug-likeness (QED) is 0.895. The fraction of sp³-hybridized carbons (Fsp3) is 0.800. The Balaban J connectivity index is 2.12. The van der Waals surface area contributed by atoms with E-state index in [0.717, 1.165) is 43.3 Å². The topological polar surface area (TPSA) is 43.8 Å². The van der Waals surface area contributed by atoms with Crippen LogP contribution in [0.3, 0.4) is 0 Å². The summed E-state index contributed by atoms with van der Waals surface area (Å²) in [4.78, 5) is 0. The summed E-state index contributed by atoms with van der Waals surface area (Å²) in [6, 6.07) is 2.20. The van der Waals surface area contributed by atoms with Crippen LogP contribution in [0.25, 0.3) is 0 Å². The molecule has 2 rings (SSSR count). The molecule has 1 aromatic rings. The second-order valence-corrected chi connectivity index (χ2v) is 6.33. The number of hydrogen-bond donors (Lipinski definition) is 1. The van der Waals surface area contributed by atoms with Crippen molar-refractivity contribution in [2.45, 2.75) is 65.5 Å². The van der Waals surface area contributed by atoms with E-state index in [9.17, 15) is 0 Å². The Morgan fingerprint density at radius 3 is 2.78 bits per heavy atom. The summed E-state index contributed by atoms with van der Waals surface area (Å²) in [6.45, 7) is 9.83. The van der Waals surface area contributed by atoms with Crippen LogP contribution in [0.5, 0.6) is 0 Å². The van der Waals surface area contributed by atoms with Gasteiger partial charge >= 0.3 is 0 Å². The Morgan fingerprint density at radius 2 is 2.17 bits per heavy atom. The molecule has 1 aliphatic rings. The van der Waals surface area contributed by atoms with Crippen LogP contribution in [0.4, 0.5) is 0 Å². The Hall–Kier alpha value is -0.830. The molecule has 0 spiro atoms. The van der Waals surface area contributed by atoms with E-state index in [1.807, 2.05) is 0 Å². The van der Waals surface area contributed by atoms with Crippen molar-refractivity contribution in [3.63, 3.8) is 0 Å². The zero-order valence-corrected chi connectivity index (χ0v) is 12.2. The first-order valence-electron chi connectivity index (χ1n) is 7.26. The molecule has 0 bridgehead atoms. The van der Waals surface area contributed by atoms with Crippen LogP contribution in [0.15, 0.2) is 6.07 Å². The van der Waals surface area contributed by atoms with Gasteiger partial charge in [0.1, 0.15) is 0 Å². The van der Waals surface area contributed by atoms with E-state index >= 15 is 0 Å². The average molecular weight is 249 g/mol. The molecule has 3 atom stereocenters. The molecule has 1 aliphatic carbocycles. The highest BCUT2D eigenvalue weighted by Gasteiger charge is 2.35. The number of nitrogens with zero attached hydrogens (tertiary/aromatic N) is 2. The molecule has 0 saturated heterocycles. The molecule has 102 valence electrons. The Kier molecular flexibility index (Phi) is 3.81. The molecule has 0 aromatic carbocycles. The summed E-state index contributed by atoms with van der Waals surface area (Å²) >= 11 is 0. The van der Waals surface area contributed by atoms with Gasteiger partial charge in [0.15, 0.2) is 0 Å². The summed E-state index contributed by atoms with van der Waals surface area (Å²) in [5.74, 6) is 1.56. The predicted octanol–water partition coefficient (Wildman–Crippen LogP) is 2.91. The van der Waals surface area contributed by atoms with Gasteiger partial charge in [-0.25, -0.2) is 0 Å². The highest BCUT2D eigenvalue weighted by molar-refractivity contribution is 5.13. The molecule has 1 fully saturated rings. The monoisotopic (exact) mass is 249 g/mol. The van der Waals surface area contributed by atoms with E-state index in [4.69, 9.17) is 5.73 Å². The maximum Gasteiger partial charge on any atom is 0.0596 e. The van der Waals surface area contributed by atoms with Crippen molar-refractivity contribution in [2.24, 2.45) is 17.6 Å². The van der Waals surface area contributed by atoms with Gasteiger partial charge in [0, 0.05) is 24.2 Å². The SMILES string of the molecule is CCn1nc(C)cc1CC1(N)CCC(C)C(C)C1. The van der Waals surface area contributed by atoms with Crippen LogP contribution in [0, 0.1) is 18.8 Å². The van der Waals surface area contributed by atoms with Crippen molar-refractivity contribution in [1.82, 2.24) is 9.78 Å². The molecule has 18 heavy (non-hydrogen) atoms. The third kappa shape index (κ3) is 2.77. The van der Waals surface area contributed by atoms with E-state index < -0.39 is 0 Å². The van der Waals surface area contributed by atoms with Crippen LogP contribution < -0.4 is 5.73 Å². The standard InChI is InChI=1S/C15H27N3/c1-5-18-14(8-13(4)17-18)10-15(16)7-6-11(2)12(3)9-15/h8,11-12H,5-7,9-10,16H2,1-4H3. The largest absolute Gasteiger partial charge is 0.325 e. The Labute approximate surface area is 111 Å². The minimum atomic E-state index is -0.0225. The summed E-state index contributed by atoms with van der Waals surface area (Å²) in [5.41, 5.74) is 9.02. The Bertz CT molecular complexity index is 410. The van der Waals surface area contributed by atoms with Gasteiger partial charge in [-0.2, -0.15) is 5.10 Å². The highest BCUT2D eigenvalue weighted by atomic mass is 15.3. The normalized spacial score (nSPS) is 32.7. The Morgan fingerprint density at radius 1 is 1.44 bits per heavy atom. The number of nitrogens with two attached hydrogens (primary N) is 1. The van der Waals surface area contributed by atoms with Gasteiger partial charge in [0.25, 0.3) is 0 Å². The van der Waals surface area contributed by atoms with Crippen LogP contribution in [0.2, 0.25) is 0 Å². The molecule has 1 aromatic heterocycles. The van der Waals surface area contributed by atoms with Crippen LogP contribution in [-0.4, -0.2) is 15.3 Å². The summed E-state index contributed by atoms with van der Waals surface area (Å²) < 4.78 is 2.10. The number of aromatic nitrogens is 2. The van der Waals surface area contributed by atoms with Crippen molar-refractivity contribution in [3.05, 3.63) is 17.5 Å². The third-order valence-electron chi connectivity index (χ3n) is 4.62. The highest BCUT2D eigenvalue weighted by Crippen LogP contribution is 2.36. The van der Waals surface area contributed by atoms with Crippen molar-refractivity contribution in [3.8, 4) is 0 Å². The maximum atomic E-state index is 6.64. The smallest absolute Gasteiger partial charge is 0.0596 e. The minimum Gasteiger partial charge on any atom is -0.325 e. The summed E-state index contributed by atoms with van der Waals surface area (Å²) in [7, 11) is 0. The molecular formula is C15H27N3. The second kappa shape index (κ2) is 5.04. The lowest BCUT2D eigenvalue weighted by molar-refractivity contribution is 0.173. The molecule has 1 saturated carbocycles. The van der Waals surface area contributed by atoms with Gasteiger partial charge < -0.3 is 5.73 Å². The minimum absolute atomic E-state index is 0.0225. The van der Waals surface area contributed by atoms with E-state index in [-0.39, 0.29) is 5.54 Å². The molecule has 0 aliphatic heterocycles. The molecule has 3 nitrogen and oxygen atoms in total.